The van der Waals surface area contributed by atoms with Crippen molar-refractivity contribution in [3.63, 3.8) is 0 Å². The zero-order valence-electron chi connectivity index (χ0n) is 13.4. The van der Waals surface area contributed by atoms with Gasteiger partial charge in [-0.1, -0.05) is 18.3 Å². The van der Waals surface area contributed by atoms with Crippen LogP contribution in [0.4, 0.5) is 5.13 Å². The summed E-state index contributed by atoms with van der Waals surface area (Å²) in [6.07, 6.45) is 1.12. The van der Waals surface area contributed by atoms with Gasteiger partial charge in [-0.3, -0.25) is 4.79 Å². The second-order valence-corrected chi connectivity index (χ2v) is 6.28. The molecule has 5 nitrogen and oxygen atoms in total. The third-order valence-corrected chi connectivity index (χ3v) is 4.79. The molecule has 0 saturated carbocycles. The minimum atomic E-state index is -0.0225. The predicted octanol–water partition coefficient (Wildman–Crippen LogP) is 1.98. The van der Waals surface area contributed by atoms with Crippen LogP contribution in [0.1, 0.15) is 35.6 Å². The fraction of sp³-hybridized carbons (Fsp3) is 0.714. The lowest BCUT2D eigenvalue weighted by atomic mass is 10.2. The van der Waals surface area contributed by atoms with Crippen LogP contribution in [0.15, 0.2) is 0 Å². The molecule has 20 heavy (non-hydrogen) atoms. The highest BCUT2D eigenvalue weighted by atomic mass is 32.1. The first-order chi connectivity index (χ1) is 9.36. The number of rotatable bonds is 7. The second kappa shape index (κ2) is 7.59. The molecule has 0 saturated heterocycles. The summed E-state index contributed by atoms with van der Waals surface area (Å²) in [6.45, 7) is 7.76. The summed E-state index contributed by atoms with van der Waals surface area (Å²) in [6, 6.07) is 0.539. The summed E-state index contributed by atoms with van der Waals surface area (Å²) in [5.41, 5.74) is 0.798. The number of aryl methyl sites for hydroxylation is 1. The number of nitrogens with one attached hydrogen (secondary N) is 1. The maximum atomic E-state index is 12.1. The molecule has 0 aliphatic heterocycles. The second-order valence-electron chi connectivity index (χ2n) is 5.30. The number of hydrogen-bond acceptors (Lipinski definition) is 5. The summed E-state index contributed by atoms with van der Waals surface area (Å²) in [7, 11) is 5.95. The Kier molecular flexibility index (Phi) is 6.42. The monoisotopic (exact) mass is 298 g/mol. The van der Waals surface area contributed by atoms with Crippen LogP contribution in [-0.4, -0.2) is 56.1 Å². The van der Waals surface area contributed by atoms with E-state index in [1.807, 2.05) is 25.9 Å². The average Bonchev–Trinajstić information content (AvgIpc) is 2.79. The van der Waals surface area contributed by atoms with Crippen molar-refractivity contribution in [1.82, 2.24) is 15.2 Å². The van der Waals surface area contributed by atoms with Gasteiger partial charge >= 0.3 is 0 Å². The molecule has 0 bridgehead atoms. The van der Waals surface area contributed by atoms with E-state index in [-0.39, 0.29) is 5.91 Å². The molecule has 6 heteroatoms. The highest BCUT2D eigenvalue weighted by Crippen LogP contribution is 2.24. The molecule has 0 aromatic carbocycles. The van der Waals surface area contributed by atoms with Crippen LogP contribution in [-0.2, 0) is 0 Å². The Morgan fingerprint density at radius 2 is 2.05 bits per heavy atom. The molecule has 0 aliphatic carbocycles. The molecule has 1 amide bonds. The highest BCUT2D eigenvalue weighted by molar-refractivity contribution is 7.17. The Labute approximate surface area is 126 Å². The SMILES string of the molecule is CC[C@H](C)N(C)CCNC(=O)c1sc(N(C)C)nc1C. The predicted molar refractivity (Wildman–Crippen MR) is 85.9 cm³/mol. The van der Waals surface area contributed by atoms with E-state index in [4.69, 9.17) is 0 Å². The number of carbonyl (C=O) groups excluding carboxylic acids is 1. The number of nitrogens with zero attached hydrogens (tertiary/aromatic N) is 3. The minimum absolute atomic E-state index is 0.0225. The molecule has 0 spiro atoms. The van der Waals surface area contributed by atoms with Gasteiger partial charge in [0.1, 0.15) is 4.88 Å². The van der Waals surface area contributed by atoms with E-state index >= 15 is 0 Å². The first kappa shape index (κ1) is 16.9. The molecular formula is C14H26N4OS. The zero-order chi connectivity index (χ0) is 15.3. The molecule has 0 fully saturated rings. The third kappa shape index (κ3) is 4.45. The van der Waals surface area contributed by atoms with Crippen molar-refractivity contribution < 1.29 is 4.79 Å². The fourth-order valence-electron chi connectivity index (χ4n) is 1.74. The molecule has 1 aromatic rings. The Bertz CT molecular complexity index is 444. The van der Waals surface area contributed by atoms with Gasteiger partial charge < -0.3 is 15.1 Å². The van der Waals surface area contributed by atoms with Crippen LogP contribution >= 0.6 is 11.3 Å². The van der Waals surface area contributed by atoms with Crippen molar-refractivity contribution in [3.05, 3.63) is 10.6 Å². The van der Waals surface area contributed by atoms with Crippen LogP contribution in [0.5, 0.6) is 0 Å². The first-order valence-corrected chi connectivity index (χ1v) is 7.81. The largest absolute Gasteiger partial charge is 0.354 e. The van der Waals surface area contributed by atoms with Gasteiger partial charge in [-0.25, -0.2) is 4.98 Å². The summed E-state index contributed by atoms with van der Waals surface area (Å²) >= 11 is 1.43. The van der Waals surface area contributed by atoms with Crippen molar-refractivity contribution in [1.29, 1.82) is 0 Å². The van der Waals surface area contributed by atoms with Crippen LogP contribution in [0.3, 0.4) is 0 Å². The van der Waals surface area contributed by atoms with Crippen LogP contribution in [0.25, 0.3) is 0 Å². The van der Waals surface area contributed by atoms with Crippen molar-refractivity contribution >= 4 is 22.4 Å². The zero-order valence-corrected chi connectivity index (χ0v) is 14.2. The lowest BCUT2D eigenvalue weighted by Crippen LogP contribution is -2.37. The Morgan fingerprint density at radius 1 is 1.40 bits per heavy atom. The van der Waals surface area contributed by atoms with Crippen molar-refractivity contribution in [2.24, 2.45) is 0 Å². The van der Waals surface area contributed by atoms with Crippen LogP contribution in [0, 0.1) is 6.92 Å². The Morgan fingerprint density at radius 3 is 2.55 bits per heavy atom. The lowest BCUT2D eigenvalue weighted by Gasteiger charge is -2.23. The number of amides is 1. The van der Waals surface area contributed by atoms with Crippen molar-refractivity contribution in [2.75, 3.05) is 39.1 Å². The smallest absolute Gasteiger partial charge is 0.263 e. The van der Waals surface area contributed by atoms with E-state index < -0.39 is 0 Å². The number of anilines is 1. The number of carbonyl (C=O) groups is 1. The molecule has 1 N–H and O–H groups in total. The third-order valence-electron chi connectivity index (χ3n) is 3.47. The van der Waals surface area contributed by atoms with Gasteiger partial charge in [0.2, 0.25) is 0 Å². The maximum absolute atomic E-state index is 12.1. The van der Waals surface area contributed by atoms with E-state index in [1.54, 1.807) is 0 Å². The number of thiazole rings is 1. The average molecular weight is 298 g/mol. The maximum Gasteiger partial charge on any atom is 0.263 e. The quantitative estimate of drug-likeness (QED) is 0.836. The minimum Gasteiger partial charge on any atom is -0.354 e. The summed E-state index contributed by atoms with van der Waals surface area (Å²) < 4.78 is 0. The molecule has 0 radical (unpaired) electrons. The fourth-order valence-corrected chi connectivity index (χ4v) is 2.65. The van der Waals surface area contributed by atoms with E-state index in [2.05, 4.69) is 36.1 Å². The molecule has 1 heterocycles. The number of hydrogen-bond donors (Lipinski definition) is 1. The topological polar surface area (TPSA) is 48.5 Å². The number of likely N-dealkylation sites (N-methyl/N-ethyl adjacent to an activating group) is 1. The first-order valence-electron chi connectivity index (χ1n) is 7.00. The summed E-state index contributed by atoms with van der Waals surface area (Å²) in [5.74, 6) is -0.0225. The van der Waals surface area contributed by atoms with Gasteiger partial charge in [-0.2, -0.15) is 0 Å². The Hall–Kier alpha value is -1.14. The van der Waals surface area contributed by atoms with E-state index in [0.29, 0.717) is 17.5 Å². The Balaban J connectivity index is 2.51. The summed E-state index contributed by atoms with van der Waals surface area (Å²) in [5, 5.41) is 3.84. The van der Waals surface area contributed by atoms with Gasteiger partial charge in [0.15, 0.2) is 5.13 Å². The van der Waals surface area contributed by atoms with E-state index in [9.17, 15) is 4.79 Å². The molecule has 114 valence electrons. The van der Waals surface area contributed by atoms with Crippen molar-refractivity contribution in [2.45, 2.75) is 33.2 Å². The van der Waals surface area contributed by atoms with Gasteiger partial charge in [-0.05, 0) is 27.3 Å². The highest BCUT2D eigenvalue weighted by Gasteiger charge is 2.16. The standard InChI is InChI=1S/C14H26N4OS/c1-7-10(2)18(6)9-8-15-13(19)12-11(3)16-14(20-12)17(4)5/h10H,7-9H2,1-6H3,(H,15,19)/t10-/m0/s1. The molecule has 0 unspecified atom stereocenters. The van der Waals surface area contributed by atoms with Crippen LogP contribution < -0.4 is 10.2 Å². The summed E-state index contributed by atoms with van der Waals surface area (Å²) in [4.78, 5) is 21.4. The molecule has 1 aromatic heterocycles. The molecule has 1 atom stereocenters. The normalized spacial score (nSPS) is 12.6. The van der Waals surface area contributed by atoms with Gasteiger partial charge in [0.25, 0.3) is 5.91 Å². The number of aromatic nitrogens is 1. The van der Waals surface area contributed by atoms with E-state index in [1.165, 1.54) is 11.3 Å². The van der Waals surface area contributed by atoms with E-state index in [0.717, 1.165) is 23.8 Å². The van der Waals surface area contributed by atoms with Gasteiger partial charge in [0, 0.05) is 33.2 Å². The molecular weight excluding hydrogens is 272 g/mol. The van der Waals surface area contributed by atoms with Crippen LogP contribution in [0.2, 0.25) is 0 Å². The van der Waals surface area contributed by atoms with Crippen molar-refractivity contribution in [3.8, 4) is 0 Å². The van der Waals surface area contributed by atoms with Gasteiger partial charge in [-0.15, -0.1) is 0 Å². The molecule has 1 rings (SSSR count). The molecule has 0 aliphatic rings. The van der Waals surface area contributed by atoms with Gasteiger partial charge in [0.05, 0.1) is 5.69 Å². The lowest BCUT2D eigenvalue weighted by molar-refractivity contribution is 0.0950.